The number of nitrogens with zero attached hydrogens (tertiary/aromatic N) is 1. The molecule has 0 saturated carbocycles. The SMILES string of the molecule is CCC(C)NC(=O)c1c(-c2cc(C)c(O)c(C)c2)c(C)n2c1-c1cc(OC)c(OC)cc1CC2. The van der Waals surface area contributed by atoms with Gasteiger partial charge in [-0.2, -0.15) is 0 Å². The molecule has 4 rings (SSSR count). The molecule has 6 heteroatoms. The highest BCUT2D eigenvalue weighted by molar-refractivity contribution is 6.08. The van der Waals surface area contributed by atoms with Gasteiger partial charge in [0.05, 0.1) is 25.5 Å². The topological polar surface area (TPSA) is 72.7 Å². The number of ether oxygens (including phenoxy) is 2. The van der Waals surface area contributed by atoms with E-state index in [1.807, 2.05) is 45.0 Å². The number of fused-ring (bicyclic) bond motifs is 3. The number of carbonyl (C=O) groups excluding carboxylic acids is 1. The van der Waals surface area contributed by atoms with Gasteiger partial charge in [-0.25, -0.2) is 0 Å². The quantitative estimate of drug-likeness (QED) is 0.503. The second kappa shape index (κ2) is 9.09. The normalized spacial score (nSPS) is 13.1. The Morgan fingerprint density at radius 2 is 1.71 bits per heavy atom. The lowest BCUT2D eigenvalue weighted by molar-refractivity contribution is 0.0940. The van der Waals surface area contributed by atoms with Gasteiger partial charge >= 0.3 is 0 Å². The smallest absolute Gasteiger partial charge is 0.254 e. The molecule has 2 heterocycles. The van der Waals surface area contributed by atoms with E-state index in [9.17, 15) is 9.90 Å². The van der Waals surface area contributed by atoms with E-state index >= 15 is 0 Å². The fourth-order valence-electron chi connectivity index (χ4n) is 4.95. The molecule has 34 heavy (non-hydrogen) atoms. The van der Waals surface area contributed by atoms with E-state index in [1.54, 1.807) is 14.2 Å². The molecule has 0 bridgehead atoms. The lowest BCUT2D eigenvalue weighted by Crippen LogP contribution is -2.32. The highest BCUT2D eigenvalue weighted by Gasteiger charge is 2.32. The van der Waals surface area contributed by atoms with Gasteiger partial charge in [-0.1, -0.05) is 6.92 Å². The van der Waals surface area contributed by atoms with Crippen molar-refractivity contribution < 1.29 is 19.4 Å². The summed E-state index contributed by atoms with van der Waals surface area (Å²) in [5, 5.41) is 13.5. The number of aromatic nitrogens is 1. The Morgan fingerprint density at radius 1 is 1.09 bits per heavy atom. The summed E-state index contributed by atoms with van der Waals surface area (Å²) in [6, 6.07) is 7.98. The van der Waals surface area contributed by atoms with Crippen molar-refractivity contribution in [3.63, 3.8) is 0 Å². The number of methoxy groups -OCH3 is 2. The maximum Gasteiger partial charge on any atom is 0.254 e. The molecule has 2 N–H and O–H groups in total. The zero-order valence-electron chi connectivity index (χ0n) is 21.1. The fourth-order valence-corrected chi connectivity index (χ4v) is 4.95. The van der Waals surface area contributed by atoms with Crippen LogP contribution in [0.15, 0.2) is 24.3 Å². The van der Waals surface area contributed by atoms with Crippen molar-refractivity contribution in [3.8, 4) is 39.6 Å². The van der Waals surface area contributed by atoms with Gasteiger partial charge in [0.15, 0.2) is 11.5 Å². The Balaban J connectivity index is 2.04. The second-order valence-corrected chi connectivity index (χ2v) is 9.19. The molecule has 1 amide bonds. The number of phenolic OH excluding ortho intramolecular Hbond substituents is 1. The molecule has 0 fully saturated rings. The highest BCUT2D eigenvalue weighted by atomic mass is 16.5. The van der Waals surface area contributed by atoms with Crippen LogP contribution in [0.3, 0.4) is 0 Å². The van der Waals surface area contributed by atoms with Gasteiger partial charge in [0.25, 0.3) is 5.91 Å². The third-order valence-electron chi connectivity index (χ3n) is 6.99. The number of benzene rings is 2. The Morgan fingerprint density at radius 3 is 2.29 bits per heavy atom. The summed E-state index contributed by atoms with van der Waals surface area (Å²) < 4.78 is 13.4. The third-order valence-corrected chi connectivity index (χ3v) is 6.99. The Bertz CT molecular complexity index is 1250. The minimum atomic E-state index is -0.0905. The zero-order valence-corrected chi connectivity index (χ0v) is 21.1. The molecular formula is C28H34N2O4. The van der Waals surface area contributed by atoms with Gasteiger partial charge in [-0.15, -0.1) is 0 Å². The van der Waals surface area contributed by atoms with Crippen LogP contribution in [0.2, 0.25) is 0 Å². The zero-order chi connectivity index (χ0) is 24.7. The number of hydrogen-bond donors (Lipinski definition) is 2. The average Bonchev–Trinajstić information content (AvgIpc) is 3.13. The molecule has 2 aromatic carbocycles. The van der Waals surface area contributed by atoms with E-state index in [4.69, 9.17) is 9.47 Å². The largest absolute Gasteiger partial charge is 0.507 e. The predicted octanol–water partition coefficient (Wildman–Crippen LogP) is 5.55. The number of phenols is 1. The number of rotatable bonds is 6. The number of nitrogens with one attached hydrogen (secondary N) is 1. The summed E-state index contributed by atoms with van der Waals surface area (Å²) in [6.07, 6.45) is 1.67. The summed E-state index contributed by atoms with van der Waals surface area (Å²) >= 11 is 0. The third kappa shape index (κ3) is 3.81. The standard InChI is InChI=1S/C28H34N2O4/c1-8-17(4)29-28(32)25-24(20-11-15(2)27(31)16(3)12-20)18(5)30-10-9-19-13-22(33-6)23(34-7)14-21(19)26(25)30/h11-14,17,31H,8-10H2,1-7H3,(H,29,32). The summed E-state index contributed by atoms with van der Waals surface area (Å²) in [6.45, 7) is 10.7. The van der Waals surface area contributed by atoms with Gasteiger partial charge in [0, 0.05) is 29.4 Å². The molecule has 1 atom stereocenters. The van der Waals surface area contributed by atoms with Crippen LogP contribution in [0.25, 0.3) is 22.4 Å². The Kier molecular flexibility index (Phi) is 6.34. The first-order chi connectivity index (χ1) is 16.2. The van der Waals surface area contributed by atoms with Crippen LogP contribution < -0.4 is 14.8 Å². The van der Waals surface area contributed by atoms with Crippen LogP contribution in [-0.2, 0) is 13.0 Å². The monoisotopic (exact) mass is 462 g/mol. The lowest BCUT2D eigenvalue weighted by Gasteiger charge is -2.23. The first-order valence-corrected chi connectivity index (χ1v) is 11.8. The van der Waals surface area contributed by atoms with E-state index in [-0.39, 0.29) is 17.7 Å². The van der Waals surface area contributed by atoms with E-state index in [1.165, 1.54) is 0 Å². The first-order valence-electron chi connectivity index (χ1n) is 11.8. The summed E-state index contributed by atoms with van der Waals surface area (Å²) in [5.74, 6) is 1.53. The van der Waals surface area contributed by atoms with Crippen molar-refractivity contribution in [2.75, 3.05) is 14.2 Å². The molecule has 180 valence electrons. The number of aryl methyl sites for hydroxylation is 3. The second-order valence-electron chi connectivity index (χ2n) is 9.19. The van der Waals surface area contributed by atoms with E-state index < -0.39 is 0 Å². The highest BCUT2D eigenvalue weighted by Crippen LogP contribution is 2.45. The first kappa shape index (κ1) is 23.7. The number of hydrogen-bond acceptors (Lipinski definition) is 4. The molecule has 1 unspecified atom stereocenters. The van der Waals surface area contributed by atoms with E-state index in [0.29, 0.717) is 17.1 Å². The summed E-state index contributed by atoms with van der Waals surface area (Å²) in [4.78, 5) is 13.8. The number of aromatic hydroxyl groups is 1. The maximum absolute atomic E-state index is 13.8. The van der Waals surface area contributed by atoms with Crippen LogP contribution in [0, 0.1) is 20.8 Å². The summed E-state index contributed by atoms with van der Waals surface area (Å²) in [7, 11) is 3.26. The van der Waals surface area contributed by atoms with Crippen molar-refractivity contribution in [1.82, 2.24) is 9.88 Å². The van der Waals surface area contributed by atoms with Crippen LogP contribution in [0.4, 0.5) is 0 Å². The lowest BCUT2D eigenvalue weighted by atomic mass is 9.91. The minimum Gasteiger partial charge on any atom is -0.507 e. The van der Waals surface area contributed by atoms with E-state index in [2.05, 4.69) is 23.7 Å². The number of carbonyl (C=O) groups is 1. The molecule has 3 aromatic rings. The number of amides is 1. The van der Waals surface area contributed by atoms with Gasteiger partial charge in [0.2, 0.25) is 0 Å². The van der Waals surface area contributed by atoms with Gasteiger partial charge in [0.1, 0.15) is 5.75 Å². The van der Waals surface area contributed by atoms with Crippen molar-refractivity contribution in [3.05, 3.63) is 52.2 Å². The van der Waals surface area contributed by atoms with Gasteiger partial charge < -0.3 is 24.5 Å². The van der Waals surface area contributed by atoms with Crippen molar-refractivity contribution in [2.45, 2.75) is 60.0 Å². The van der Waals surface area contributed by atoms with Crippen LogP contribution in [-0.4, -0.2) is 35.8 Å². The fraction of sp³-hybridized carbons (Fsp3) is 0.393. The summed E-state index contributed by atoms with van der Waals surface area (Å²) in [5.41, 5.74) is 8.14. The molecule has 1 aliphatic rings. The van der Waals surface area contributed by atoms with Crippen LogP contribution >= 0.6 is 0 Å². The van der Waals surface area contributed by atoms with Crippen molar-refractivity contribution in [2.24, 2.45) is 0 Å². The van der Waals surface area contributed by atoms with Crippen molar-refractivity contribution >= 4 is 5.91 Å². The predicted molar refractivity (Wildman–Crippen MR) is 135 cm³/mol. The molecule has 0 spiro atoms. The van der Waals surface area contributed by atoms with Gasteiger partial charge in [-0.3, -0.25) is 4.79 Å². The van der Waals surface area contributed by atoms with Crippen LogP contribution in [0.5, 0.6) is 17.2 Å². The molecule has 6 nitrogen and oxygen atoms in total. The molecule has 1 aliphatic heterocycles. The minimum absolute atomic E-state index is 0.0490. The molecule has 1 aromatic heterocycles. The van der Waals surface area contributed by atoms with Gasteiger partial charge in [-0.05, 0) is 87.1 Å². The molecule has 0 saturated heterocycles. The maximum atomic E-state index is 13.8. The van der Waals surface area contributed by atoms with Crippen molar-refractivity contribution in [1.29, 1.82) is 0 Å². The Hall–Kier alpha value is -3.41. The average molecular weight is 463 g/mol. The van der Waals surface area contributed by atoms with Crippen LogP contribution in [0.1, 0.15) is 53.0 Å². The molecule has 0 radical (unpaired) electrons. The molecular weight excluding hydrogens is 428 g/mol. The van der Waals surface area contributed by atoms with E-state index in [0.717, 1.165) is 64.2 Å². The molecule has 0 aliphatic carbocycles. The Labute approximate surface area is 201 Å².